The van der Waals surface area contributed by atoms with Crippen LogP contribution in [0.2, 0.25) is 0 Å². The van der Waals surface area contributed by atoms with Gasteiger partial charge in [0.2, 0.25) is 15.9 Å². The predicted octanol–water partition coefficient (Wildman–Crippen LogP) is 2.27. The van der Waals surface area contributed by atoms with Crippen LogP contribution in [-0.2, 0) is 19.6 Å². The number of benzene rings is 2. The highest BCUT2D eigenvalue weighted by Crippen LogP contribution is 2.28. The van der Waals surface area contributed by atoms with E-state index in [0.29, 0.717) is 24.2 Å². The van der Waals surface area contributed by atoms with Crippen molar-refractivity contribution in [3.8, 4) is 0 Å². The van der Waals surface area contributed by atoms with E-state index >= 15 is 0 Å². The second-order valence-corrected chi connectivity index (χ2v) is 9.75. The maximum Gasteiger partial charge on any atom is 0.332 e. The Labute approximate surface area is 186 Å². The molecule has 2 fully saturated rings. The highest BCUT2D eigenvalue weighted by molar-refractivity contribution is 7.89. The number of sulfonamides is 1. The molecule has 2 aromatic rings. The molecule has 2 heterocycles. The summed E-state index contributed by atoms with van der Waals surface area (Å²) in [6.45, 7) is 1.88. The van der Waals surface area contributed by atoms with Gasteiger partial charge in [-0.05, 0) is 49.2 Å². The first-order chi connectivity index (χ1) is 15.3. The van der Waals surface area contributed by atoms with Crippen molar-refractivity contribution in [1.29, 1.82) is 0 Å². The highest BCUT2D eigenvalue weighted by atomic mass is 32.2. The number of nitrogens with zero attached hydrogens (tertiary/aromatic N) is 3. The molecule has 0 saturated carbocycles. The monoisotopic (exact) mass is 456 g/mol. The van der Waals surface area contributed by atoms with Crippen LogP contribution in [0.25, 0.3) is 0 Å². The predicted molar refractivity (Wildman–Crippen MR) is 119 cm³/mol. The molecule has 32 heavy (non-hydrogen) atoms. The second-order valence-electron chi connectivity index (χ2n) is 7.82. The van der Waals surface area contributed by atoms with Gasteiger partial charge in [-0.3, -0.25) is 9.59 Å². The summed E-state index contributed by atoms with van der Waals surface area (Å²) in [4.78, 5) is 39.4. The van der Waals surface area contributed by atoms with Crippen molar-refractivity contribution < 1.29 is 22.8 Å². The second kappa shape index (κ2) is 8.71. The minimum Gasteiger partial charge on any atom is -0.326 e. The summed E-state index contributed by atoms with van der Waals surface area (Å²) in [6, 6.07) is 14.2. The summed E-state index contributed by atoms with van der Waals surface area (Å²) in [6.07, 6.45) is 0.899. The molecule has 0 unspecified atom stereocenters. The van der Waals surface area contributed by atoms with Crippen LogP contribution in [0.15, 0.2) is 59.5 Å². The summed E-state index contributed by atoms with van der Waals surface area (Å²) in [5.41, 5.74) is 1.06. The maximum atomic E-state index is 13.0. The van der Waals surface area contributed by atoms with Crippen molar-refractivity contribution in [3.63, 3.8) is 0 Å². The number of amides is 4. The number of urea groups is 1. The molecule has 168 valence electrons. The first-order valence-corrected chi connectivity index (χ1v) is 11.8. The van der Waals surface area contributed by atoms with Gasteiger partial charge in [0, 0.05) is 31.7 Å². The zero-order valence-electron chi connectivity index (χ0n) is 17.6. The number of rotatable bonds is 5. The molecule has 10 heteroatoms. The molecular weight excluding hydrogens is 432 g/mol. The minimum absolute atomic E-state index is 0.00421. The normalized spacial score (nSPS) is 18.3. The Balaban J connectivity index is 1.41. The van der Waals surface area contributed by atoms with Gasteiger partial charge in [-0.1, -0.05) is 18.2 Å². The molecule has 9 nitrogen and oxygen atoms in total. The number of carbonyl (C=O) groups excluding carboxylic acids is 3. The Morgan fingerprint density at radius 2 is 1.59 bits per heavy atom. The van der Waals surface area contributed by atoms with Crippen LogP contribution in [0.5, 0.6) is 0 Å². The minimum atomic E-state index is -3.69. The quantitative estimate of drug-likeness (QED) is 0.695. The summed E-state index contributed by atoms with van der Waals surface area (Å²) >= 11 is 0. The Bertz CT molecular complexity index is 1130. The number of para-hydroxylation sites is 1. The van der Waals surface area contributed by atoms with E-state index in [4.69, 9.17) is 0 Å². The zero-order chi connectivity index (χ0) is 22.9. The van der Waals surface area contributed by atoms with Gasteiger partial charge in [0.15, 0.2) is 0 Å². The lowest BCUT2D eigenvalue weighted by Crippen LogP contribution is -2.48. The van der Waals surface area contributed by atoms with E-state index < -0.39 is 10.0 Å². The average molecular weight is 457 g/mol. The molecule has 0 aromatic heterocycles. The topological polar surface area (TPSA) is 107 Å². The number of carbonyl (C=O) groups is 3. The molecule has 2 aromatic carbocycles. The number of hydrogen-bond acceptors (Lipinski definition) is 5. The molecule has 4 amide bonds. The Kier molecular flexibility index (Phi) is 5.98. The molecule has 2 saturated heterocycles. The highest BCUT2D eigenvalue weighted by Gasteiger charge is 2.42. The SMILES string of the molecule is CC(=O)Nc1ccc(S(=O)(=O)N2CCC(N3CC(=O)N(c4ccccc4)C3=O)CC2)cc1. The third-order valence-electron chi connectivity index (χ3n) is 5.68. The van der Waals surface area contributed by atoms with Gasteiger partial charge >= 0.3 is 6.03 Å². The van der Waals surface area contributed by atoms with E-state index in [-0.39, 0.29) is 48.4 Å². The third-order valence-corrected chi connectivity index (χ3v) is 7.60. The van der Waals surface area contributed by atoms with Crippen LogP contribution in [0, 0.1) is 0 Å². The van der Waals surface area contributed by atoms with Gasteiger partial charge < -0.3 is 10.2 Å². The van der Waals surface area contributed by atoms with Gasteiger partial charge in [0.1, 0.15) is 6.54 Å². The van der Waals surface area contributed by atoms with Crippen LogP contribution < -0.4 is 10.2 Å². The van der Waals surface area contributed by atoms with E-state index in [9.17, 15) is 22.8 Å². The van der Waals surface area contributed by atoms with Crippen LogP contribution in [0.3, 0.4) is 0 Å². The fraction of sp³-hybridized carbons (Fsp3) is 0.318. The van der Waals surface area contributed by atoms with Crippen LogP contribution in [0.1, 0.15) is 19.8 Å². The lowest BCUT2D eigenvalue weighted by atomic mass is 10.1. The van der Waals surface area contributed by atoms with Crippen LogP contribution >= 0.6 is 0 Å². The average Bonchev–Trinajstić information content (AvgIpc) is 3.08. The summed E-state index contributed by atoms with van der Waals surface area (Å²) in [7, 11) is -3.69. The molecule has 0 radical (unpaired) electrons. The van der Waals surface area contributed by atoms with Crippen molar-refractivity contribution in [2.75, 3.05) is 29.9 Å². The molecule has 2 aliphatic rings. The zero-order valence-corrected chi connectivity index (χ0v) is 18.4. The maximum absolute atomic E-state index is 13.0. The molecule has 0 spiro atoms. The van der Waals surface area contributed by atoms with Gasteiger partial charge in [0.25, 0.3) is 5.91 Å². The smallest absolute Gasteiger partial charge is 0.326 e. The van der Waals surface area contributed by atoms with Crippen LogP contribution in [0.4, 0.5) is 16.2 Å². The molecule has 4 rings (SSSR count). The largest absolute Gasteiger partial charge is 0.332 e. The molecular formula is C22H24N4O5S. The number of anilines is 2. The number of imide groups is 1. The first-order valence-electron chi connectivity index (χ1n) is 10.3. The van der Waals surface area contributed by atoms with Gasteiger partial charge in [-0.2, -0.15) is 4.31 Å². The molecule has 0 aliphatic carbocycles. The summed E-state index contributed by atoms with van der Waals surface area (Å²) in [5, 5.41) is 2.61. The van der Waals surface area contributed by atoms with Gasteiger partial charge in [0.05, 0.1) is 10.6 Å². The molecule has 0 bridgehead atoms. The molecule has 1 N–H and O–H groups in total. The van der Waals surface area contributed by atoms with E-state index in [1.807, 2.05) is 6.07 Å². The van der Waals surface area contributed by atoms with Crippen molar-refractivity contribution in [2.24, 2.45) is 0 Å². The van der Waals surface area contributed by atoms with E-state index in [2.05, 4.69) is 5.32 Å². The van der Waals surface area contributed by atoms with E-state index in [0.717, 1.165) is 0 Å². The van der Waals surface area contributed by atoms with Gasteiger partial charge in [-0.15, -0.1) is 0 Å². The van der Waals surface area contributed by atoms with E-state index in [1.165, 1.54) is 28.3 Å². The number of hydrogen-bond donors (Lipinski definition) is 1. The van der Waals surface area contributed by atoms with Crippen molar-refractivity contribution >= 4 is 39.2 Å². The lowest BCUT2D eigenvalue weighted by molar-refractivity contribution is -0.117. The summed E-state index contributed by atoms with van der Waals surface area (Å²) in [5.74, 6) is -0.515. The van der Waals surface area contributed by atoms with Gasteiger partial charge in [-0.25, -0.2) is 18.1 Å². The number of nitrogens with one attached hydrogen (secondary N) is 1. The first kappa shape index (κ1) is 22.0. The molecule has 0 atom stereocenters. The molecule has 2 aliphatic heterocycles. The standard InChI is InChI=1S/C22H24N4O5S/c1-16(27)23-17-7-9-20(10-8-17)32(30,31)24-13-11-18(12-14-24)25-15-21(28)26(22(25)29)19-5-3-2-4-6-19/h2-10,18H,11-15H2,1H3,(H,23,27). The Morgan fingerprint density at radius 3 is 2.19 bits per heavy atom. The lowest BCUT2D eigenvalue weighted by Gasteiger charge is -2.35. The Morgan fingerprint density at radius 1 is 0.969 bits per heavy atom. The van der Waals surface area contributed by atoms with Crippen LogP contribution in [-0.4, -0.2) is 61.1 Å². The fourth-order valence-corrected chi connectivity index (χ4v) is 5.56. The van der Waals surface area contributed by atoms with Crippen molar-refractivity contribution in [1.82, 2.24) is 9.21 Å². The van der Waals surface area contributed by atoms with E-state index in [1.54, 1.807) is 41.3 Å². The van der Waals surface area contributed by atoms with Crippen molar-refractivity contribution in [3.05, 3.63) is 54.6 Å². The fourth-order valence-electron chi connectivity index (χ4n) is 4.09. The summed E-state index contributed by atoms with van der Waals surface area (Å²) < 4.78 is 27.4. The third kappa shape index (κ3) is 4.23. The Hall–Kier alpha value is -3.24. The number of piperidine rings is 1. The van der Waals surface area contributed by atoms with Crippen molar-refractivity contribution in [2.45, 2.75) is 30.7 Å².